The van der Waals surface area contributed by atoms with Crippen LogP contribution in [0.15, 0.2) is 42.5 Å². The molecule has 2 nitrogen and oxygen atoms in total. The second-order valence-electron chi connectivity index (χ2n) is 5.70. The van der Waals surface area contributed by atoms with Crippen LogP contribution in [0.3, 0.4) is 0 Å². The summed E-state index contributed by atoms with van der Waals surface area (Å²) < 4.78 is 0. The summed E-state index contributed by atoms with van der Waals surface area (Å²) in [7, 11) is 0. The van der Waals surface area contributed by atoms with Gasteiger partial charge in [0.25, 0.3) is 0 Å². The van der Waals surface area contributed by atoms with Crippen LogP contribution < -0.4 is 10.6 Å². The van der Waals surface area contributed by atoms with Crippen LogP contribution in [-0.2, 0) is 5.75 Å². The van der Waals surface area contributed by atoms with Crippen molar-refractivity contribution >= 4 is 46.4 Å². The number of hydrogen-bond donors (Lipinski definition) is 2. The van der Waals surface area contributed by atoms with Gasteiger partial charge in [-0.1, -0.05) is 47.5 Å². The van der Waals surface area contributed by atoms with Crippen LogP contribution in [0.4, 0.5) is 5.69 Å². The molecule has 0 aliphatic carbocycles. The Morgan fingerprint density at radius 2 is 1.96 bits per heavy atom. The fourth-order valence-electron chi connectivity index (χ4n) is 2.29. The van der Waals surface area contributed by atoms with Crippen molar-refractivity contribution in [3.63, 3.8) is 0 Å². The molecule has 0 bridgehead atoms. The Hall–Kier alpha value is -1.23. The van der Waals surface area contributed by atoms with Crippen molar-refractivity contribution < 1.29 is 0 Å². The van der Waals surface area contributed by atoms with E-state index in [1.807, 2.05) is 30.0 Å². The number of hydrogen-bond acceptors (Lipinski definition) is 2. The van der Waals surface area contributed by atoms with Gasteiger partial charge in [-0.2, -0.15) is 11.8 Å². The van der Waals surface area contributed by atoms with E-state index < -0.39 is 0 Å². The lowest BCUT2D eigenvalue weighted by Crippen LogP contribution is -2.29. The zero-order chi connectivity index (χ0) is 17.4. The van der Waals surface area contributed by atoms with Crippen LogP contribution in [0.1, 0.15) is 23.1 Å². The lowest BCUT2D eigenvalue weighted by Gasteiger charge is -2.13. The first kappa shape index (κ1) is 19.1. The zero-order valence-electron chi connectivity index (χ0n) is 14.1. The third kappa shape index (κ3) is 6.34. The monoisotopic (exact) mass is 378 g/mol. The van der Waals surface area contributed by atoms with E-state index in [0.717, 1.165) is 35.2 Å². The van der Waals surface area contributed by atoms with Crippen molar-refractivity contribution in [3.8, 4) is 0 Å². The molecule has 0 radical (unpaired) electrons. The molecule has 0 saturated carbocycles. The summed E-state index contributed by atoms with van der Waals surface area (Å²) in [5, 5.41) is 8.05. The van der Waals surface area contributed by atoms with E-state index in [1.165, 1.54) is 16.7 Å². The Morgan fingerprint density at radius 1 is 1.17 bits per heavy atom. The lowest BCUT2D eigenvalue weighted by atomic mass is 10.1. The quantitative estimate of drug-likeness (QED) is 0.486. The van der Waals surface area contributed by atoms with Crippen LogP contribution in [0, 0.1) is 13.8 Å². The highest BCUT2D eigenvalue weighted by molar-refractivity contribution is 7.98. The molecule has 2 rings (SSSR count). The predicted molar refractivity (Wildman–Crippen MR) is 112 cm³/mol. The molecule has 2 N–H and O–H groups in total. The predicted octanol–water partition coefficient (Wildman–Crippen LogP) is 5.57. The molecule has 0 atom stereocenters. The molecule has 0 aromatic heterocycles. The topological polar surface area (TPSA) is 24.1 Å². The van der Waals surface area contributed by atoms with Crippen LogP contribution in [-0.4, -0.2) is 17.4 Å². The Kier molecular flexibility index (Phi) is 7.89. The van der Waals surface area contributed by atoms with E-state index in [4.69, 9.17) is 23.8 Å². The summed E-state index contributed by atoms with van der Waals surface area (Å²) in [5.41, 5.74) is 4.72. The van der Waals surface area contributed by atoms with Gasteiger partial charge in [-0.25, -0.2) is 0 Å². The molecule has 0 unspecified atom stereocenters. The second kappa shape index (κ2) is 9.92. The Morgan fingerprint density at radius 3 is 2.71 bits per heavy atom. The van der Waals surface area contributed by atoms with Gasteiger partial charge in [0.1, 0.15) is 0 Å². The van der Waals surface area contributed by atoms with Gasteiger partial charge in [0.05, 0.1) is 0 Å². The SMILES string of the molecule is Cc1ccc(NC(=S)NCCCSCc2ccccc2Cl)c(C)c1. The average Bonchev–Trinajstić information content (AvgIpc) is 2.55. The summed E-state index contributed by atoms with van der Waals surface area (Å²) in [5.74, 6) is 2.02. The molecule has 0 fully saturated rings. The molecule has 0 saturated heterocycles. The number of anilines is 1. The van der Waals surface area contributed by atoms with Crippen molar-refractivity contribution in [1.82, 2.24) is 5.32 Å². The second-order valence-corrected chi connectivity index (χ2v) is 7.62. The van der Waals surface area contributed by atoms with E-state index >= 15 is 0 Å². The van der Waals surface area contributed by atoms with E-state index in [1.54, 1.807) is 0 Å². The summed E-state index contributed by atoms with van der Waals surface area (Å²) in [4.78, 5) is 0. The van der Waals surface area contributed by atoms with Crippen LogP contribution >= 0.6 is 35.6 Å². The fraction of sp³-hybridized carbons (Fsp3) is 0.316. The van der Waals surface area contributed by atoms with Gasteiger partial charge in [0, 0.05) is 23.0 Å². The smallest absolute Gasteiger partial charge is 0.170 e. The molecular formula is C19H23ClN2S2. The van der Waals surface area contributed by atoms with Crippen LogP contribution in [0.2, 0.25) is 5.02 Å². The number of thioether (sulfide) groups is 1. The fourth-order valence-corrected chi connectivity index (χ4v) is 3.75. The first-order valence-electron chi connectivity index (χ1n) is 7.99. The van der Waals surface area contributed by atoms with Crippen molar-refractivity contribution in [3.05, 3.63) is 64.2 Å². The van der Waals surface area contributed by atoms with E-state index in [-0.39, 0.29) is 0 Å². The third-order valence-corrected chi connectivity index (χ3v) is 5.30. The maximum Gasteiger partial charge on any atom is 0.170 e. The van der Waals surface area contributed by atoms with Gasteiger partial charge in [0.15, 0.2) is 5.11 Å². The van der Waals surface area contributed by atoms with Gasteiger partial charge in [-0.3, -0.25) is 0 Å². The normalized spacial score (nSPS) is 10.5. The Labute approximate surface area is 159 Å². The standard InChI is InChI=1S/C19H23ClN2S2/c1-14-8-9-18(15(2)12-14)22-19(23)21-10-5-11-24-13-16-6-3-4-7-17(16)20/h3-4,6-9,12H,5,10-11,13H2,1-2H3,(H2,21,22,23). The number of thiocarbonyl (C=S) groups is 1. The van der Waals surface area contributed by atoms with Crippen LogP contribution in [0.25, 0.3) is 0 Å². The molecule has 0 aliphatic heterocycles. The minimum atomic E-state index is 0.679. The molecule has 24 heavy (non-hydrogen) atoms. The Bertz CT molecular complexity index is 689. The maximum absolute atomic E-state index is 6.15. The van der Waals surface area contributed by atoms with Crippen molar-refractivity contribution in [2.45, 2.75) is 26.0 Å². The van der Waals surface area contributed by atoms with Crippen LogP contribution in [0.5, 0.6) is 0 Å². The minimum Gasteiger partial charge on any atom is -0.362 e. The maximum atomic E-state index is 6.15. The largest absolute Gasteiger partial charge is 0.362 e. The first-order valence-corrected chi connectivity index (χ1v) is 9.93. The van der Waals surface area contributed by atoms with E-state index in [2.05, 4.69) is 48.7 Å². The zero-order valence-corrected chi connectivity index (χ0v) is 16.5. The van der Waals surface area contributed by atoms with Gasteiger partial charge >= 0.3 is 0 Å². The molecule has 128 valence electrons. The first-order chi connectivity index (χ1) is 11.6. The third-order valence-electron chi connectivity index (χ3n) is 3.60. The summed E-state index contributed by atoms with van der Waals surface area (Å²) >= 11 is 13.4. The number of halogens is 1. The average molecular weight is 379 g/mol. The van der Waals surface area contributed by atoms with E-state index in [9.17, 15) is 0 Å². The number of benzene rings is 2. The van der Waals surface area contributed by atoms with Crippen molar-refractivity contribution in [1.29, 1.82) is 0 Å². The molecule has 0 spiro atoms. The summed E-state index contributed by atoms with van der Waals surface area (Å²) in [6.07, 6.45) is 1.06. The Balaban J connectivity index is 1.62. The summed E-state index contributed by atoms with van der Waals surface area (Å²) in [6.45, 7) is 5.04. The molecule has 2 aromatic rings. The molecular weight excluding hydrogens is 356 g/mol. The highest BCUT2D eigenvalue weighted by Crippen LogP contribution is 2.21. The van der Waals surface area contributed by atoms with E-state index in [0.29, 0.717) is 5.11 Å². The molecule has 0 aliphatic rings. The minimum absolute atomic E-state index is 0.679. The van der Waals surface area contributed by atoms with Gasteiger partial charge in [-0.05, 0) is 61.5 Å². The highest BCUT2D eigenvalue weighted by atomic mass is 35.5. The number of rotatable bonds is 7. The summed E-state index contributed by atoms with van der Waals surface area (Å²) in [6, 6.07) is 14.3. The van der Waals surface area contributed by atoms with Gasteiger partial charge < -0.3 is 10.6 Å². The molecule has 5 heteroatoms. The number of aryl methyl sites for hydroxylation is 2. The van der Waals surface area contributed by atoms with Crippen molar-refractivity contribution in [2.24, 2.45) is 0 Å². The number of nitrogens with one attached hydrogen (secondary N) is 2. The molecule has 0 heterocycles. The molecule has 0 amide bonds. The van der Waals surface area contributed by atoms with Crippen molar-refractivity contribution in [2.75, 3.05) is 17.6 Å². The molecule has 2 aromatic carbocycles. The highest BCUT2D eigenvalue weighted by Gasteiger charge is 2.02. The van der Waals surface area contributed by atoms with Gasteiger partial charge in [0.2, 0.25) is 0 Å². The lowest BCUT2D eigenvalue weighted by molar-refractivity contribution is 0.854. The van der Waals surface area contributed by atoms with Gasteiger partial charge in [-0.15, -0.1) is 0 Å².